The van der Waals surface area contributed by atoms with Crippen LogP contribution < -0.4 is 0 Å². The number of fused-ring (bicyclic) bond motifs is 3. The van der Waals surface area contributed by atoms with Gasteiger partial charge >= 0.3 is 6.18 Å². The van der Waals surface area contributed by atoms with E-state index in [4.69, 9.17) is 4.98 Å². The van der Waals surface area contributed by atoms with Crippen LogP contribution in [-0.4, -0.2) is 4.98 Å². The van der Waals surface area contributed by atoms with Gasteiger partial charge in [0, 0.05) is 21.2 Å². The summed E-state index contributed by atoms with van der Waals surface area (Å²) in [4.78, 5) is 5.67. The summed E-state index contributed by atoms with van der Waals surface area (Å²) in [5.74, 6) is 0. The number of nitrogens with zero attached hydrogens (tertiary/aromatic N) is 1. The molecule has 0 unspecified atom stereocenters. The van der Waals surface area contributed by atoms with Crippen LogP contribution in [-0.2, 0) is 6.18 Å². The first kappa shape index (κ1) is 19.6. The summed E-state index contributed by atoms with van der Waals surface area (Å²) in [6.07, 6.45) is -4.54. The molecule has 0 spiro atoms. The molecule has 5 heteroatoms. The number of hydrogen-bond donors (Lipinski definition) is 0. The van der Waals surface area contributed by atoms with Crippen molar-refractivity contribution in [2.24, 2.45) is 0 Å². The molecule has 0 saturated carbocycles. The van der Waals surface area contributed by atoms with E-state index in [1.54, 1.807) is 18.2 Å². The van der Waals surface area contributed by atoms with Crippen molar-refractivity contribution in [1.82, 2.24) is 4.98 Å². The predicted molar refractivity (Wildman–Crippen MR) is 120 cm³/mol. The first-order chi connectivity index (χ1) is 15.0. The van der Waals surface area contributed by atoms with E-state index < -0.39 is 11.7 Å². The van der Waals surface area contributed by atoms with Crippen LogP contribution in [0.25, 0.3) is 32.9 Å². The fourth-order valence-corrected chi connectivity index (χ4v) is 4.88. The Morgan fingerprint density at radius 3 is 2.00 bits per heavy atom. The zero-order valence-electron chi connectivity index (χ0n) is 16.2. The molecule has 0 amide bonds. The standard InChI is InChI=1S/C26H16F3NS/c27-26(28,29)22-21-16-15-17-9-7-8-14-20(17)24(21)30-23(18-10-3-1-4-11-18)25(22)31-19-12-5-2-6-13-19/h1-16H. The summed E-state index contributed by atoms with van der Waals surface area (Å²) in [6.45, 7) is 0. The molecule has 0 N–H and O–H groups in total. The van der Waals surface area contributed by atoms with Gasteiger partial charge in [0.05, 0.1) is 21.7 Å². The highest BCUT2D eigenvalue weighted by Gasteiger charge is 2.38. The van der Waals surface area contributed by atoms with E-state index >= 15 is 0 Å². The molecule has 1 aromatic heterocycles. The number of rotatable bonds is 3. The summed E-state index contributed by atoms with van der Waals surface area (Å²) >= 11 is 1.10. The van der Waals surface area contributed by atoms with Gasteiger partial charge in [0.1, 0.15) is 0 Å². The molecule has 0 radical (unpaired) electrons. The second kappa shape index (κ2) is 7.75. The van der Waals surface area contributed by atoms with Crippen LogP contribution in [0.2, 0.25) is 0 Å². The summed E-state index contributed by atoms with van der Waals surface area (Å²) in [5.41, 5.74) is 0.713. The van der Waals surface area contributed by atoms with E-state index in [-0.39, 0.29) is 10.3 Å². The summed E-state index contributed by atoms with van der Waals surface area (Å²) in [6, 6.07) is 28.8. The SMILES string of the molecule is FC(F)(F)c1c(Sc2ccccc2)c(-c2ccccc2)nc2c1ccc1ccccc12. The third kappa shape index (κ3) is 3.66. The van der Waals surface area contributed by atoms with E-state index in [2.05, 4.69) is 0 Å². The second-order valence-corrected chi connectivity index (χ2v) is 8.21. The molecular weight excluding hydrogens is 415 g/mol. The van der Waals surface area contributed by atoms with Gasteiger partial charge in [0.25, 0.3) is 0 Å². The lowest BCUT2D eigenvalue weighted by Gasteiger charge is -2.20. The van der Waals surface area contributed by atoms with E-state index in [1.807, 2.05) is 72.8 Å². The first-order valence-corrected chi connectivity index (χ1v) is 10.5. The Balaban J connectivity index is 1.93. The first-order valence-electron chi connectivity index (χ1n) is 9.73. The maximum absolute atomic E-state index is 14.5. The molecule has 1 nitrogen and oxygen atoms in total. The van der Waals surface area contributed by atoms with Gasteiger partial charge < -0.3 is 0 Å². The number of hydrogen-bond acceptors (Lipinski definition) is 2. The van der Waals surface area contributed by atoms with Crippen molar-refractivity contribution in [3.05, 3.63) is 103 Å². The number of halogens is 3. The lowest BCUT2D eigenvalue weighted by atomic mass is 9.99. The van der Waals surface area contributed by atoms with E-state index in [0.29, 0.717) is 22.2 Å². The van der Waals surface area contributed by atoms with Gasteiger partial charge in [0.2, 0.25) is 0 Å². The summed E-state index contributed by atoms with van der Waals surface area (Å²) in [5, 5.41) is 1.68. The Kier molecular flexibility index (Phi) is 4.91. The molecule has 5 rings (SSSR count). The normalized spacial score (nSPS) is 11.8. The highest BCUT2D eigenvalue weighted by molar-refractivity contribution is 7.99. The van der Waals surface area contributed by atoms with E-state index in [0.717, 1.165) is 22.0 Å². The molecule has 0 atom stereocenters. The van der Waals surface area contributed by atoms with Crippen molar-refractivity contribution in [3.63, 3.8) is 0 Å². The third-order valence-corrected chi connectivity index (χ3v) is 6.24. The predicted octanol–water partition coefficient (Wildman–Crippen LogP) is 8.23. The van der Waals surface area contributed by atoms with Gasteiger partial charge in [-0.2, -0.15) is 13.2 Å². The number of benzene rings is 4. The summed E-state index contributed by atoms with van der Waals surface area (Å²) < 4.78 is 43.6. The van der Waals surface area contributed by atoms with Crippen LogP contribution in [0.5, 0.6) is 0 Å². The van der Waals surface area contributed by atoms with Crippen LogP contribution in [0.15, 0.2) is 107 Å². The third-order valence-electron chi connectivity index (χ3n) is 5.13. The molecule has 0 saturated heterocycles. The van der Waals surface area contributed by atoms with Gasteiger partial charge in [-0.25, -0.2) is 4.98 Å². The Hall–Kier alpha value is -3.31. The average Bonchev–Trinajstić information content (AvgIpc) is 2.79. The Labute approximate surface area is 181 Å². The highest BCUT2D eigenvalue weighted by atomic mass is 32.2. The summed E-state index contributed by atoms with van der Waals surface area (Å²) in [7, 11) is 0. The Morgan fingerprint density at radius 1 is 0.645 bits per heavy atom. The number of pyridine rings is 1. The van der Waals surface area contributed by atoms with Crippen LogP contribution in [0, 0.1) is 0 Å². The van der Waals surface area contributed by atoms with E-state index in [1.165, 1.54) is 6.07 Å². The smallest absolute Gasteiger partial charge is 0.246 e. The quantitative estimate of drug-likeness (QED) is 0.267. The molecule has 0 aliphatic carbocycles. The van der Waals surface area contributed by atoms with Crippen LogP contribution in [0.4, 0.5) is 13.2 Å². The minimum atomic E-state index is -4.54. The zero-order chi connectivity index (χ0) is 21.4. The minimum absolute atomic E-state index is 0.115. The van der Waals surface area contributed by atoms with Gasteiger partial charge in [0.15, 0.2) is 0 Å². The molecule has 0 fully saturated rings. The van der Waals surface area contributed by atoms with Crippen molar-refractivity contribution in [2.75, 3.05) is 0 Å². The lowest BCUT2D eigenvalue weighted by Crippen LogP contribution is -2.10. The maximum Gasteiger partial charge on any atom is 0.418 e. The van der Waals surface area contributed by atoms with Crippen molar-refractivity contribution < 1.29 is 13.2 Å². The molecule has 4 aromatic carbocycles. The largest absolute Gasteiger partial charge is 0.418 e. The maximum atomic E-state index is 14.5. The van der Waals surface area contributed by atoms with Gasteiger partial charge in [-0.3, -0.25) is 0 Å². The van der Waals surface area contributed by atoms with Crippen molar-refractivity contribution in [3.8, 4) is 11.3 Å². The molecular formula is C26H16F3NS. The molecule has 1 heterocycles. The molecule has 152 valence electrons. The van der Waals surface area contributed by atoms with Crippen molar-refractivity contribution in [1.29, 1.82) is 0 Å². The van der Waals surface area contributed by atoms with E-state index in [9.17, 15) is 13.2 Å². The van der Waals surface area contributed by atoms with Gasteiger partial charge in [-0.05, 0) is 17.5 Å². The fourth-order valence-electron chi connectivity index (χ4n) is 3.76. The van der Waals surface area contributed by atoms with Gasteiger partial charge in [-0.15, -0.1) is 0 Å². The highest BCUT2D eigenvalue weighted by Crippen LogP contribution is 2.47. The minimum Gasteiger partial charge on any atom is -0.246 e. The topological polar surface area (TPSA) is 12.9 Å². The fraction of sp³-hybridized carbons (Fsp3) is 0.0385. The van der Waals surface area contributed by atoms with Crippen molar-refractivity contribution in [2.45, 2.75) is 16.0 Å². The molecule has 0 aliphatic heterocycles. The lowest BCUT2D eigenvalue weighted by molar-refractivity contribution is -0.138. The Bertz CT molecular complexity index is 1380. The number of aromatic nitrogens is 1. The van der Waals surface area contributed by atoms with Crippen LogP contribution >= 0.6 is 11.8 Å². The van der Waals surface area contributed by atoms with Crippen molar-refractivity contribution >= 4 is 33.4 Å². The average molecular weight is 431 g/mol. The molecule has 31 heavy (non-hydrogen) atoms. The van der Waals surface area contributed by atoms with Gasteiger partial charge in [-0.1, -0.05) is 96.7 Å². The number of alkyl halides is 3. The monoisotopic (exact) mass is 431 g/mol. The van der Waals surface area contributed by atoms with Crippen LogP contribution in [0.3, 0.4) is 0 Å². The van der Waals surface area contributed by atoms with Crippen LogP contribution in [0.1, 0.15) is 5.56 Å². The Morgan fingerprint density at radius 2 is 1.29 bits per heavy atom. The second-order valence-electron chi connectivity index (χ2n) is 7.13. The molecule has 0 aliphatic rings. The molecule has 5 aromatic rings. The molecule has 0 bridgehead atoms. The zero-order valence-corrected chi connectivity index (χ0v) is 17.0.